The van der Waals surface area contributed by atoms with E-state index in [1.54, 1.807) is 13.8 Å². The van der Waals surface area contributed by atoms with Crippen molar-refractivity contribution in [1.82, 2.24) is 0 Å². The van der Waals surface area contributed by atoms with Gasteiger partial charge in [0, 0.05) is 14.9 Å². The Labute approximate surface area is 128 Å². The van der Waals surface area contributed by atoms with E-state index in [9.17, 15) is 9.18 Å². The van der Waals surface area contributed by atoms with Gasteiger partial charge in [-0.2, -0.15) is 0 Å². The molecule has 0 amide bonds. The molecule has 0 fully saturated rings. The van der Waals surface area contributed by atoms with Crippen molar-refractivity contribution in [3.63, 3.8) is 0 Å². The summed E-state index contributed by atoms with van der Waals surface area (Å²) in [6, 6.07) is 2.55. The van der Waals surface area contributed by atoms with Crippen LogP contribution in [-0.4, -0.2) is 17.1 Å². The summed E-state index contributed by atoms with van der Waals surface area (Å²) in [6.07, 6.45) is -0.268. The first kappa shape index (κ1) is 16.6. The van der Waals surface area contributed by atoms with Gasteiger partial charge in [0.05, 0.1) is 12.5 Å². The first-order valence-electron chi connectivity index (χ1n) is 5.62. The van der Waals surface area contributed by atoms with Crippen molar-refractivity contribution < 1.29 is 13.9 Å². The average molecular weight is 360 g/mol. The number of nitrogens with zero attached hydrogens (tertiary/aromatic N) is 3. The maximum Gasteiger partial charge on any atom is 0.310 e. The number of ether oxygens (including phenoxy) is 1. The van der Waals surface area contributed by atoms with Crippen molar-refractivity contribution in [2.75, 3.05) is 0 Å². The number of benzene rings is 1. The van der Waals surface area contributed by atoms with E-state index in [4.69, 9.17) is 22.5 Å². The third kappa shape index (κ3) is 4.56. The fraction of sp³-hybridized carbons (Fsp3) is 0.333. The van der Waals surface area contributed by atoms with E-state index in [0.29, 0.717) is 10.0 Å². The molecule has 0 saturated carbocycles. The number of rotatable bonds is 4. The van der Waals surface area contributed by atoms with Crippen LogP contribution in [0.3, 0.4) is 0 Å². The molecule has 0 atom stereocenters. The topological polar surface area (TPSA) is 75.1 Å². The summed E-state index contributed by atoms with van der Waals surface area (Å²) >= 11 is 7.97. The summed E-state index contributed by atoms with van der Waals surface area (Å²) in [6.45, 7) is 3.47. The molecular weight excluding hydrogens is 349 g/mol. The Morgan fingerprint density at radius 2 is 2.25 bits per heavy atom. The van der Waals surface area contributed by atoms with Gasteiger partial charge in [0.1, 0.15) is 10.8 Å². The molecular formula is C12H11BrFN3O2S. The minimum absolute atomic E-state index is 0.0200. The molecule has 1 aromatic rings. The van der Waals surface area contributed by atoms with Gasteiger partial charge >= 0.3 is 5.97 Å². The van der Waals surface area contributed by atoms with Crippen molar-refractivity contribution in [2.45, 2.75) is 26.4 Å². The highest BCUT2D eigenvalue weighted by molar-refractivity contribution is 9.10. The van der Waals surface area contributed by atoms with E-state index in [0.717, 1.165) is 0 Å². The largest absolute Gasteiger partial charge is 0.463 e. The lowest BCUT2D eigenvalue weighted by atomic mass is 10.1. The summed E-state index contributed by atoms with van der Waals surface area (Å²) in [7, 11) is 0. The molecule has 5 nitrogen and oxygen atoms in total. The first-order chi connectivity index (χ1) is 9.35. The molecule has 8 heteroatoms. The molecule has 0 spiro atoms. The van der Waals surface area contributed by atoms with Crippen LogP contribution in [0.25, 0.3) is 10.4 Å². The number of esters is 1. The highest BCUT2D eigenvalue weighted by Crippen LogP contribution is 2.23. The van der Waals surface area contributed by atoms with Crippen molar-refractivity contribution in [2.24, 2.45) is 5.11 Å². The van der Waals surface area contributed by atoms with Gasteiger partial charge in [-0.25, -0.2) is 4.39 Å². The summed E-state index contributed by atoms with van der Waals surface area (Å²) in [5.74, 6) is -1.07. The van der Waals surface area contributed by atoms with Gasteiger partial charge in [-0.05, 0) is 42.2 Å². The molecule has 0 N–H and O–H groups in total. The molecule has 0 aliphatic heterocycles. The van der Waals surface area contributed by atoms with Crippen LogP contribution >= 0.6 is 28.1 Å². The number of hydrogen-bond donors (Lipinski definition) is 0. The number of halogens is 2. The van der Waals surface area contributed by atoms with E-state index in [1.165, 1.54) is 12.1 Å². The Hall–Kier alpha value is -1.50. The zero-order chi connectivity index (χ0) is 15.3. The first-order valence-corrected chi connectivity index (χ1v) is 6.82. The molecule has 0 radical (unpaired) electrons. The highest BCUT2D eigenvalue weighted by atomic mass is 79.9. The molecule has 0 heterocycles. The Morgan fingerprint density at radius 1 is 1.60 bits per heavy atom. The van der Waals surface area contributed by atoms with Crippen LogP contribution in [0.5, 0.6) is 0 Å². The Morgan fingerprint density at radius 3 is 2.80 bits per heavy atom. The van der Waals surface area contributed by atoms with E-state index in [1.807, 2.05) is 0 Å². The molecule has 1 rings (SSSR count). The van der Waals surface area contributed by atoms with Gasteiger partial charge in [0.2, 0.25) is 0 Å². The average Bonchev–Trinajstić information content (AvgIpc) is 2.31. The fourth-order valence-electron chi connectivity index (χ4n) is 1.45. The normalized spacial score (nSPS) is 10.1. The predicted molar refractivity (Wildman–Crippen MR) is 79.9 cm³/mol. The number of thiocarbonyl (C=S) groups is 1. The van der Waals surface area contributed by atoms with Crippen molar-refractivity contribution in [3.05, 3.63) is 44.0 Å². The number of carbonyl (C=O) groups is 1. The van der Waals surface area contributed by atoms with Crippen LogP contribution in [0, 0.1) is 5.82 Å². The maximum absolute atomic E-state index is 13.7. The zero-order valence-electron chi connectivity index (χ0n) is 10.8. The second-order valence-electron chi connectivity index (χ2n) is 4.13. The van der Waals surface area contributed by atoms with Crippen molar-refractivity contribution >= 4 is 39.1 Å². The molecule has 0 aliphatic rings. The van der Waals surface area contributed by atoms with Gasteiger partial charge in [0.25, 0.3) is 0 Å². The van der Waals surface area contributed by atoms with Crippen molar-refractivity contribution in [3.8, 4) is 0 Å². The van der Waals surface area contributed by atoms with Crippen LogP contribution in [0.4, 0.5) is 4.39 Å². The molecule has 20 heavy (non-hydrogen) atoms. The second kappa shape index (κ2) is 7.33. The number of hydrogen-bond acceptors (Lipinski definition) is 3. The van der Waals surface area contributed by atoms with Gasteiger partial charge in [0.15, 0.2) is 0 Å². The van der Waals surface area contributed by atoms with Crippen LogP contribution in [-0.2, 0) is 16.0 Å². The third-order valence-corrected chi connectivity index (χ3v) is 3.24. The molecule has 0 unspecified atom stereocenters. The van der Waals surface area contributed by atoms with Crippen molar-refractivity contribution in [1.29, 1.82) is 0 Å². The quantitative estimate of drug-likeness (QED) is 0.267. The molecule has 0 aromatic heterocycles. The van der Waals surface area contributed by atoms with Crippen LogP contribution in [0.2, 0.25) is 0 Å². The minimum Gasteiger partial charge on any atom is -0.463 e. The second-order valence-corrected chi connectivity index (χ2v) is 5.37. The SMILES string of the molecule is CC(C)OC(=O)Cc1cc(C(=S)N=[N+]=[N-])c(F)cc1Br. The summed E-state index contributed by atoms with van der Waals surface area (Å²) in [4.78, 5) is 13.9. The Bertz CT molecular complexity index is 601. The Balaban J connectivity index is 3.08. The minimum atomic E-state index is -0.629. The van der Waals surface area contributed by atoms with E-state index < -0.39 is 11.8 Å². The molecule has 0 saturated heterocycles. The molecule has 0 aliphatic carbocycles. The van der Waals surface area contributed by atoms with Gasteiger partial charge in [-0.15, -0.1) is 0 Å². The third-order valence-electron chi connectivity index (χ3n) is 2.20. The van der Waals surface area contributed by atoms with E-state index in [-0.39, 0.29) is 23.1 Å². The van der Waals surface area contributed by atoms with Crippen LogP contribution in [0.1, 0.15) is 25.0 Å². The maximum atomic E-state index is 13.7. The Kier molecular flexibility index (Phi) is 6.06. The lowest BCUT2D eigenvalue weighted by Gasteiger charge is -2.10. The van der Waals surface area contributed by atoms with Gasteiger partial charge in [-0.1, -0.05) is 28.1 Å². The molecule has 0 bridgehead atoms. The lowest BCUT2D eigenvalue weighted by molar-refractivity contribution is -0.146. The fourth-order valence-corrected chi connectivity index (χ4v) is 2.10. The highest BCUT2D eigenvalue weighted by Gasteiger charge is 2.15. The van der Waals surface area contributed by atoms with E-state index >= 15 is 0 Å². The van der Waals surface area contributed by atoms with Crippen LogP contribution in [0.15, 0.2) is 21.7 Å². The standard InChI is InChI=1S/C12H11BrFN3O2S/c1-6(2)19-11(18)4-7-3-8(12(20)16-17-15)10(14)5-9(7)13/h3,5-6H,4H2,1-2H3. The molecule has 106 valence electrons. The van der Waals surface area contributed by atoms with Crippen LogP contribution < -0.4 is 0 Å². The summed E-state index contributed by atoms with van der Waals surface area (Å²) in [5, 5.41) is 3.19. The number of azide groups is 1. The van der Waals surface area contributed by atoms with Gasteiger partial charge < -0.3 is 4.74 Å². The smallest absolute Gasteiger partial charge is 0.310 e. The predicted octanol–water partition coefficient (Wildman–Crippen LogP) is 4.07. The zero-order valence-corrected chi connectivity index (χ0v) is 13.2. The monoisotopic (exact) mass is 359 g/mol. The molecule has 1 aromatic carbocycles. The van der Waals surface area contributed by atoms with Gasteiger partial charge in [-0.3, -0.25) is 4.79 Å². The lowest BCUT2D eigenvalue weighted by Crippen LogP contribution is -2.14. The summed E-state index contributed by atoms with van der Waals surface area (Å²) < 4.78 is 19.2. The van der Waals surface area contributed by atoms with E-state index in [2.05, 4.69) is 26.0 Å². The number of carbonyl (C=O) groups excluding carboxylic acids is 1. The summed E-state index contributed by atoms with van der Waals surface area (Å²) in [5.41, 5.74) is 8.80.